The van der Waals surface area contributed by atoms with Crippen LogP contribution in [0.4, 0.5) is 0 Å². The number of hydrogen-bond acceptors (Lipinski definition) is 6. The van der Waals surface area contributed by atoms with E-state index in [1.165, 1.54) is 30.4 Å². The van der Waals surface area contributed by atoms with Crippen LogP contribution in [0.5, 0.6) is 0 Å². The molecule has 0 aliphatic carbocycles. The van der Waals surface area contributed by atoms with E-state index in [2.05, 4.69) is 9.97 Å². The second-order valence-corrected chi connectivity index (χ2v) is 4.66. The molecule has 1 aliphatic rings. The maximum Gasteiger partial charge on any atom is 0.267 e. The highest BCUT2D eigenvalue weighted by atomic mass is 32.2. The van der Waals surface area contributed by atoms with Gasteiger partial charge < -0.3 is 5.73 Å². The second-order valence-electron chi connectivity index (χ2n) is 2.84. The lowest BCUT2D eigenvalue weighted by Gasteiger charge is -1.87. The number of Topliss-reactive ketones (excluding diaryl/α,β-unsaturated/α-hetero) is 1. The third kappa shape index (κ3) is 4.45. The number of amides is 1. The van der Waals surface area contributed by atoms with Crippen molar-refractivity contribution in [3.05, 3.63) is 24.3 Å². The highest BCUT2D eigenvalue weighted by Gasteiger charge is 2.14. The van der Waals surface area contributed by atoms with Crippen LogP contribution in [0.1, 0.15) is 16.9 Å². The average molecular weight is 255 g/mol. The van der Waals surface area contributed by atoms with Crippen LogP contribution in [-0.4, -0.2) is 31.6 Å². The maximum absolute atomic E-state index is 10.3. The minimum Gasteiger partial charge on any atom is -0.364 e. The maximum atomic E-state index is 10.3. The molecule has 0 spiro atoms. The molecule has 1 aromatic heterocycles. The molecule has 2 rings (SSSR count). The molecule has 0 atom stereocenters. The first kappa shape index (κ1) is 12.7. The Kier molecular flexibility index (Phi) is 5.00. The molecule has 5 nitrogen and oxygen atoms in total. The normalized spacial score (nSPS) is 14.2. The fraction of sp³-hybridized carbons (Fsp3) is 0.222. The van der Waals surface area contributed by atoms with Gasteiger partial charge in [0.2, 0.25) is 0 Å². The molecule has 0 unspecified atom stereocenters. The van der Waals surface area contributed by atoms with Gasteiger partial charge in [0.05, 0.1) is 9.95 Å². The predicted octanol–water partition coefficient (Wildman–Crippen LogP) is 0.595. The molecule has 7 heteroatoms. The first-order chi connectivity index (χ1) is 7.59. The quantitative estimate of drug-likeness (QED) is 0.739. The SMILES string of the molecule is NC(=O)c1ccncn1.O=C1CSC(=S)C1. The standard InChI is InChI=1S/C5H5N3O.C4H4OS2/c6-5(9)4-1-2-7-3-8-4;5-3-1-4(6)7-2-3/h1-3H,(H2,6,9);1-2H2. The Morgan fingerprint density at radius 2 is 2.31 bits per heavy atom. The van der Waals surface area contributed by atoms with Crippen molar-refractivity contribution < 1.29 is 9.59 Å². The van der Waals surface area contributed by atoms with Gasteiger partial charge in [-0.3, -0.25) is 9.59 Å². The summed E-state index contributed by atoms with van der Waals surface area (Å²) in [6, 6.07) is 1.46. The number of primary amides is 1. The van der Waals surface area contributed by atoms with Gasteiger partial charge in [-0.1, -0.05) is 12.2 Å². The number of ketones is 1. The lowest BCUT2D eigenvalue weighted by Crippen LogP contribution is -2.12. The Bertz CT molecular complexity index is 394. The van der Waals surface area contributed by atoms with Crippen molar-refractivity contribution >= 4 is 39.9 Å². The summed E-state index contributed by atoms with van der Waals surface area (Å²) in [4.78, 5) is 27.9. The zero-order valence-corrected chi connectivity index (χ0v) is 9.88. The highest BCUT2D eigenvalue weighted by molar-refractivity contribution is 8.24. The van der Waals surface area contributed by atoms with Crippen LogP contribution >= 0.6 is 24.0 Å². The van der Waals surface area contributed by atoms with Gasteiger partial charge in [0.25, 0.3) is 5.91 Å². The fourth-order valence-corrected chi connectivity index (χ4v) is 1.89. The molecular formula is C9H9N3O2S2. The molecule has 2 heterocycles. The largest absolute Gasteiger partial charge is 0.364 e. The molecule has 1 aromatic rings. The molecule has 1 fully saturated rings. The van der Waals surface area contributed by atoms with E-state index in [4.69, 9.17) is 18.0 Å². The smallest absolute Gasteiger partial charge is 0.267 e. The number of hydrogen-bond donors (Lipinski definition) is 1. The third-order valence-electron chi connectivity index (χ3n) is 1.57. The van der Waals surface area contributed by atoms with Gasteiger partial charge in [-0.05, 0) is 6.07 Å². The number of nitrogens with zero attached hydrogens (tertiary/aromatic N) is 2. The van der Waals surface area contributed by atoms with E-state index in [1.54, 1.807) is 0 Å². The molecule has 1 aliphatic heterocycles. The van der Waals surface area contributed by atoms with Gasteiger partial charge in [0, 0.05) is 12.6 Å². The third-order valence-corrected chi connectivity index (χ3v) is 3.00. The van der Waals surface area contributed by atoms with E-state index in [0.717, 1.165) is 4.20 Å². The zero-order chi connectivity index (χ0) is 12.0. The molecule has 1 amide bonds. The molecular weight excluding hydrogens is 246 g/mol. The average Bonchev–Trinajstić information content (AvgIpc) is 2.65. The van der Waals surface area contributed by atoms with E-state index in [9.17, 15) is 9.59 Å². The molecule has 16 heavy (non-hydrogen) atoms. The summed E-state index contributed by atoms with van der Waals surface area (Å²) in [5.74, 6) is 0.353. The van der Waals surface area contributed by atoms with Gasteiger partial charge in [-0.15, -0.1) is 11.8 Å². The van der Waals surface area contributed by atoms with Crippen molar-refractivity contribution in [3.63, 3.8) is 0 Å². The van der Waals surface area contributed by atoms with Gasteiger partial charge >= 0.3 is 0 Å². The Balaban J connectivity index is 0.000000165. The van der Waals surface area contributed by atoms with Gasteiger partial charge in [-0.2, -0.15) is 0 Å². The molecule has 84 valence electrons. The summed E-state index contributed by atoms with van der Waals surface area (Å²) < 4.78 is 0.852. The van der Waals surface area contributed by atoms with Crippen molar-refractivity contribution in [2.24, 2.45) is 5.73 Å². The number of rotatable bonds is 1. The molecule has 0 aromatic carbocycles. The topological polar surface area (TPSA) is 85.9 Å². The molecule has 2 N–H and O–H groups in total. The number of aromatic nitrogens is 2. The van der Waals surface area contributed by atoms with Crippen LogP contribution in [-0.2, 0) is 4.79 Å². The monoisotopic (exact) mass is 255 g/mol. The predicted molar refractivity (Wildman–Crippen MR) is 65.2 cm³/mol. The van der Waals surface area contributed by atoms with Crippen LogP contribution < -0.4 is 5.73 Å². The molecule has 0 radical (unpaired) electrons. The van der Waals surface area contributed by atoms with E-state index in [-0.39, 0.29) is 11.5 Å². The molecule has 0 saturated carbocycles. The van der Waals surface area contributed by atoms with Crippen molar-refractivity contribution in [1.82, 2.24) is 9.97 Å². The number of thiocarbonyl (C=S) groups is 1. The Morgan fingerprint density at radius 3 is 2.56 bits per heavy atom. The lowest BCUT2D eigenvalue weighted by molar-refractivity contribution is -0.115. The molecule has 0 bridgehead atoms. The number of carbonyl (C=O) groups is 2. The lowest BCUT2D eigenvalue weighted by atomic mass is 10.4. The number of nitrogens with two attached hydrogens (primary N) is 1. The van der Waals surface area contributed by atoms with E-state index in [0.29, 0.717) is 12.2 Å². The van der Waals surface area contributed by atoms with Crippen molar-refractivity contribution in [2.45, 2.75) is 6.42 Å². The first-order valence-electron chi connectivity index (χ1n) is 4.32. The zero-order valence-electron chi connectivity index (χ0n) is 8.25. The minimum absolute atomic E-state index is 0.241. The van der Waals surface area contributed by atoms with Crippen molar-refractivity contribution in [2.75, 3.05) is 5.75 Å². The Hall–Kier alpha value is -1.34. The summed E-state index contributed by atoms with van der Waals surface area (Å²) in [6.45, 7) is 0. The number of thioether (sulfide) groups is 1. The molecule has 1 saturated heterocycles. The summed E-state index contributed by atoms with van der Waals surface area (Å²) in [7, 11) is 0. The van der Waals surface area contributed by atoms with Crippen LogP contribution in [0.2, 0.25) is 0 Å². The first-order valence-corrected chi connectivity index (χ1v) is 5.72. The van der Waals surface area contributed by atoms with Crippen molar-refractivity contribution in [3.8, 4) is 0 Å². The summed E-state index contributed by atoms with van der Waals surface area (Å²) in [6.07, 6.45) is 3.27. The van der Waals surface area contributed by atoms with Crippen LogP contribution in [0.3, 0.4) is 0 Å². The van der Waals surface area contributed by atoms with Gasteiger partial charge in [0.15, 0.2) is 0 Å². The van der Waals surface area contributed by atoms with Crippen LogP contribution in [0, 0.1) is 0 Å². The second kappa shape index (κ2) is 6.29. The van der Waals surface area contributed by atoms with Gasteiger partial charge in [0.1, 0.15) is 17.8 Å². The van der Waals surface area contributed by atoms with E-state index in [1.807, 2.05) is 0 Å². The van der Waals surface area contributed by atoms with Gasteiger partial charge in [-0.25, -0.2) is 9.97 Å². The summed E-state index contributed by atoms with van der Waals surface area (Å²) in [5, 5.41) is 0. The Labute approximate surface area is 102 Å². The van der Waals surface area contributed by atoms with Crippen LogP contribution in [0.25, 0.3) is 0 Å². The van der Waals surface area contributed by atoms with Crippen molar-refractivity contribution in [1.29, 1.82) is 0 Å². The van der Waals surface area contributed by atoms with Crippen LogP contribution in [0.15, 0.2) is 18.6 Å². The highest BCUT2D eigenvalue weighted by Crippen LogP contribution is 2.16. The van der Waals surface area contributed by atoms with E-state index < -0.39 is 5.91 Å². The minimum atomic E-state index is -0.530. The summed E-state index contributed by atoms with van der Waals surface area (Å²) in [5.41, 5.74) is 5.13. The summed E-state index contributed by atoms with van der Waals surface area (Å²) >= 11 is 6.23. The number of carbonyl (C=O) groups excluding carboxylic acids is 2. The van der Waals surface area contributed by atoms with E-state index >= 15 is 0 Å². The Morgan fingerprint density at radius 1 is 1.56 bits per heavy atom. The fourth-order valence-electron chi connectivity index (χ4n) is 0.860.